The van der Waals surface area contributed by atoms with E-state index >= 15 is 0 Å². The molecular formula is C21H29N5O3. The van der Waals surface area contributed by atoms with Gasteiger partial charge in [0.2, 0.25) is 5.89 Å². The SMILES string of the molecule is CCOC(=O)N1CCC(NC(=NC)NCc2ncc(-c3ccc(C)cc3)o2)CC1. The lowest BCUT2D eigenvalue weighted by Gasteiger charge is -2.32. The molecule has 1 aliphatic heterocycles. The lowest BCUT2D eigenvalue weighted by atomic mass is 10.1. The minimum Gasteiger partial charge on any atom is -0.450 e. The van der Waals surface area contributed by atoms with Gasteiger partial charge in [-0.3, -0.25) is 4.99 Å². The van der Waals surface area contributed by atoms with Gasteiger partial charge in [-0.1, -0.05) is 29.8 Å². The normalized spacial score (nSPS) is 15.3. The maximum atomic E-state index is 11.8. The molecule has 29 heavy (non-hydrogen) atoms. The van der Waals surface area contributed by atoms with Gasteiger partial charge in [-0.15, -0.1) is 0 Å². The van der Waals surface area contributed by atoms with Crippen molar-refractivity contribution in [3.63, 3.8) is 0 Å². The second-order valence-electron chi connectivity index (χ2n) is 7.01. The molecule has 2 aromatic rings. The number of likely N-dealkylation sites (tertiary alicyclic amines) is 1. The second kappa shape index (κ2) is 9.95. The van der Waals surface area contributed by atoms with Gasteiger partial charge < -0.3 is 24.7 Å². The average Bonchev–Trinajstić information content (AvgIpc) is 3.21. The quantitative estimate of drug-likeness (QED) is 0.593. The highest BCUT2D eigenvalue weighted by Crippen LogP contribution is 2.20. The van der Waals surface area contributed by atoms with Crippen LogP contribution in [0.2, 0.25) is 0 Å². The molecule has 0 atom stereocenters. The first-order valence-electron chi connectivity index (χ1n) is 9.99. The van der Waals surface area contributed by atoms with E-state index in [4.69, 9.17) is 9.15 Å². The van der Waals surface area contributed by atoms with Gasteiger partial charge in [-0.05, 0) is 26.7 Å². The summed E-state index contributed by atoms with van der Waals surface area (Å²) in [4.78, 5) is 22.2. The number of amides is 1. The van der Waals surface area contributed by atoms with Gasteiger partial charge in [-0.25, -0.2) is 9.78 Å². The molecule has 1 amide bonds. The highest BCUT2D eigenvalue weighted by Gasteiger charge is 2.24. The molecule has 0 saturated carbocycles. The van der Waals surface area contributed by atoms with E-state index in [1.807, 2.05) is 19.1 Å². The Labute approximate surface area is 171 Å². The number of nitrogens with zero attached hydrogens (tertiary/aromatic N) is 3. The average molecular weight is 399 g/mol. The molecule has 156 valence electrons. The van der Waals surface area contributed by atoms with Gasteiger partial charge >= 0.3 is 6.09 Å². The number of aliphatic imine (C=N–C) groups is 1. The third-order valence-electron chi connectivity index (χ3n) is 4.88. The molecule has 8 heteroatoms. The standard InChI is InChI=1S/C21H29N5O3/c1-4-28-21(27)26-11-9-17(10-12-26)25-20(22-3)24-14-19-23-13-18(29-19)16-7-5-15(2)6-8-16/h5-8,13,17H,4,9-12,14H2,1-3H3,(H2,22,24,25). The molecular weight excluding hydrogens is 370 g/mol. The number of oxazole rings is 1. The van der Waals surface area contributed by atoms with E-state index in [1.165, 1.54) is 5.56 Å². The summed E-state index contributed by atoms with van der Waals surface area (Å²) in [6, 6.07) is 8.40. The predicted molar refractivity (Wildman–Crippen MR) is 112 cm³/mol. The molecule has 0 bridgehead atoms. The largest absolute Gasteiger partial charge is 0.450 e. The van der Waals surface area contributed by atoms with Crippen LogP contribution in [0.1, 0.15) is 31.2 Å². The van der Waals surface area contributed by atoms with Crippen LogP contribution in [0.3, 0.4) is 0 Å². The van der Waals surface area contributed by atoms with Crippen molar-refractivity contribution in [2.75, 3.05) is 26.7 Å². The fraction of sp³-hybridized carbons (Fsp3) is 0.476. The number of benzene rings is 1. The number of aryl methyl sites for hydroxylation is 1. The van der Waals surface area contributed by atoms with E-state index < -0.39 is 0 Å². The van der Waals surface area contributed by atoms with Gasteiger partial charge in [0.15, 0.2) is 11.7 Å². The lowest BCUT2D eigenvalue weighted by Crippen LogP contribution is -2.49. The van der Waals surface area contributed by atoms with Crippen LogP contribution in [0.15, 0.2) is 39.9 Å². The van der Waals surface area contributed by atoms with Crippen LogP contribution in [0.25, 0.3) is 11.3 Å². The first-order chi connectivity index (χ1) is 14.1. The number of hydrogen-bond donors (Lipinski definition) is 2. The van der Waals surface area contributed by atoms with E-state index in [0.717, 1.165) is 24.2 Å². The number of rotatable bonds is 5. The Morgan fingerprint density at radius 2 is 2.03 bits per heavy atom. The number of hydrogen-bond acceptors (Lipinski definition) is 5. The number of ether oxygens (including phenoxy) is 1. The Kier molecular flexibility index (Phi) is 7.10. The molecule has 0 unspecified atom stereocenters. The highest BCUT2D eigenvalue weighted by molar-refractivity contribution is 5.80. The zero-order valence-electron chi connectivity index (χ0n) is 17.3. The van der Waals surface area contributed by atoms with Crippen molar-refractivity contribution in [3.8, 4) is 11.3 Å². The van der Waals surface area contributed by atoms with Crippen molar-refractivity contribution in [3.05, 3.63) is 41.9 Å². The number of aromatic nitrogens is 1. The van der Waals surface area contributed by atoms with Crippen molar-refractivity contribution in [1.29, 1.82) is 0 Å². The molecule has 1 fully saturated rings. The molecule has 1 aromatic heterocycles. The fourth-order valence-electron chi connectivity index (χ4n) is 3.21. The summed E-state index contributed by atoms with van der Waals surface area (Å²) >= 11 is 0. The Hall–Kier alpha value is -3.03. The summed E-state index contributed by atoms with van der Waals surface area (Å²) < 4.78 is 10.9. The smallest absolute Gasteiger partial charge is 0.409 e. The number of nitrogens with one attached hydrogen (secondary N) is 2. The summed E-state index contributed by atoms with van der Waals surface area (Å²) in [5.74, 6) is 2.03. The van der Waals surface area contributed by atoms with Crippen molar-refractivity contribution >= 4 is 12.1 Å². The highest BCUT2D eigenvalue weighted by atomic mass is 16.6. The van der Waals surface area contributed by atoms with E-state index in [0.29, 0.717) is 38.1 Å². The second-order valence-corrected chi connectivity index (χ2v) is 7.01. The van der Waals surface area contributed by atoms with Gasteiger partial charge in [0.1, 0.15) is 0 Å². The molecule has 3 rings (SSSR count). The van der Waals surface area contributed by atoms with Crippen LogP contribution < -0.4 is 10.6 Å². The third-order valence-corrected chi connectivity index (χ3v) is 4.88. The fourth-order valence-corrected chi connectivity index (χ4v) is 3.21. The first-order valence-corrected chi connectivity index (χ1v) is 9.99. The molecule has 1 aromatic carbocycles. The number of carbonyl (C=O) groups excluding carboxylic acids is 1. The van der Waals surface area contributed by atoms with Gasteiger partial charge in [0, 0.05) is 31.7 Å². The van der Waals surface area contributed by atoms with Crippen LogP contribution >= 0.6 is 0 Å². The van der Waals surface area contributed by atoms with E-state index in [9.17, 15) is 4.79 Å². The summed E-state index contributed by atoms with van der Waals surface area (Å²) in [6.07, 6.45) is 3.19. The Balaban J connectivity index is 1.47. The molecule has 1 aliphatic rings. The third kappa shape index (κ3) is 5.73. The van der Waals surface area contributed by atoms with Crippen LogP contribution in [-0.4, -0.2) is 54.7 Å². The van der Waals surface area contributed by atoms with E-state index in [2.05, 4.69) is 39.7 Å². The monoisotopic (exact) mass is 399 g/mol. The molecule has 0 radical (unpaired) electrons. The number of guanidine groups is 1. The van der Waals surface area contributed by atoms with E-state index in [1.54, 1.807) is 18.1 Å². The summed E-state index contributed by atoms with van der Waals surface area (Å²) in [5, 5.41) is 6.64. The van der Waals surface area contributed by atoms with Crippen molar-refractivity contribution in [2.45, 2.75) is 39.3 Å². The van der Waals surface area contributed by atoms with Gasteiger partial charge in [0.25, 0.3) is 0 Å². The van der Waals surface area contributed by atoms with Crippen LogP contribution in [-0.2, 0) is 11.3 Å². The van der Waals surface area contributed by atoms with Crippen molar-refractivity contribution in [1.82, 2.24) is 20.5 Å². The maximum Gasteiger partial charge on any atom is 0.409 e. The minimum atomic E-state index is -0.235. The predicted octanol–water partition coefficient (Wildman–Crippen LogP) is 2.94. The topological polar surface area (TPSA) is 92.0 Å². The molecule has 0 spiro atoms. The van der Waals surface area contributed by atoms with Gasteiger partial charge in [-0.2, -0.15) is 0 Å². The summed E-state index contributed by atoms with van der Waals surface area (Å²) in [5.41, 5.74) is 2.21. The van der Waals surface area contributed by atoms with Crippen molar-refractivity contribution in [2.24, 2.45) is 4.99 Å². The minimum absolute atomic E-state index is 0.235. The summed E-state index contributed by atoms with van der Waals surface area (Å²) in [6.45, 7) is 6.06. The maximum absolute atomic E-state index is 11.8. The van der Waals surface area contributed by atoms with Crippen LogP contribution in [0.4, 0.5) is 4.79 Å². The van der Waals surface area contributed by atoms with Crippen molar-refractivity contribution < 1.29 is 13.9 Å². The van der Waals surface area contributed by atoms with Crippen LogP contribution in [0, 0.1) is 6.92 Å². The molecule has 2 N–H and O–H groups in total. The Morgan fingerprint density at radius 1 is 1.31 bits per heavy atom. The zero-order chi connectivity index (χ0) is 20.6. The number of carbonyl (C=O) groups is 1. The summed E-state index contributed by atoms with van der Waals surface area (Å²) in [7, 11) is 1.73. The Bertz CT molecular complexity index is 823. The van der Waals surface area contributed by atoms with E-state index in [-0.39, 0.29) is 12.1 Å². The molecule has 0 aliphatic carbocycles. The zero-order valence-corrected chi connectivity index (χ0v) is 17.3. The molecule has 2 heterocycles. The lowest BCUT2D eigenvalue weighted by molar-refractivity contribution is 0.0963. The first kappa shape index (κ1) is 20.7. The molecule has 1 saturated heterocycles. The molecule has 8 nitrogen and oxygen atoms in total. The Morgan fingerprint density at radius 3 is 2.69 bits per heavy atom. The van der Waals surface area contributed by atoms with Crippen LogP contribution in [0.5, 0.6) is 0 Å². The number of piperidine rings is 1. The van der Waals surface area contributed by atoms with Gasteiger partial charge in [0.05, 0.1) is 19.3 Å².